The average Bonchev–Trinajstić information content (AvgIpc) is 3.20. The molecule has 1 fully saturated rings. The lowest BCUT2D eigenvalue weighted by Crippen LogP contribution is -2.33. The molecule has 0 unspecified atom stereocenters. The molecule has 0 saturated heterocycles. The van der Waals surface area contributed by atoms with E-state index in [9.17, 15) is 4.79 Å². The lowest BCUT2D eigenvalue weighted by Gasteiger charge is -2.21. The molecule has 1 N–H and O–H groups in total. The Morgan fingerprint density at radius 3 is 2.90 bits per heavy atom. The van der Waals surface area contributed by atoms with E-state index in [1.807, 2.05) is 10.3 Å². The molecule has 0 aromatic carbocycles. The monoisotopic (exact) mass is 289 g/mol. The van der Waals surface area contributed by atoms with Gasteiger partial charge in [-0.1, -0.05) is 0 Å². The lowest BCUT2D eigenvalue weighted by molar-refractivity contribution is 0.0723. The number of hydrogen-bond donors (Lipinski definition) is 1. The van der Waals surface area contributed by atoms with Gasteiger partial charge in [-0.15, -0.1) is 11.3 Å². The molecule has 5 nitrogen and oxygen atoms in total. The summed E-state index contributed by atoms with van der Waals surface area (Å²) in [6.45, 7) is 0.449. The van der Waals surface area contributed by atoms with Crippen LogP contribution >= 0.6 is 11.3 Å². The molecule has 1 saturated carbocycles. The van der Waals surface area contributed by atoms with Crippen molar-refractivity contribution >= 4 is 17.2 Å². The maximum Gasteiger partial charge on any atom is 0.273 e. The number of aliphatic hydroxyl groups excluding tert-OH is 1. The van der Waals surface area contributed by atoms with Gasteiger partial charge in [-0.2, -0.15) is 0 Å². The zero-order valence-electron chi connectivity index (χ0n) is 10.9. The fourth-order valence-corrected chi connectivity index (χ4v) is 2.68. The molecule has 0 spiro atoms. The summed E-state index contributed by atoms with van der Waals surface area (Å²) in [6, 6.07) is 3.66. The van der Waals surface area contributed by atoms with Crippen LogP contribution in [0.3, 0.4) is 0 Å². The van der Waals surface area contributed by atoms with Gasteiger partial charge in [-0.05, 0) is 30.5 Å². The molecule has 1 amide bonds. The first-order valence-corrected chi connectivity index (χ1v) is 7.41. The lowest BCUT2D eigenvalue weighted by atomic mass is 10.2. The van der Waals surface area contributed by atoms with Gasteiger partial charge in [0.2, 0.25) is 0 Å². The normalized spacial score (nSPS) is 14.2. The second-order valence-electron chi connectivity index (χ2n) is 4.80. The molecule has 2 aromatic heterocycles. The molecule has 0 bridgehead atoms. The molecule has 3 rings (SSSR count). The molecule has 0 radical (unpaired) electrons. The van der Waals surface area contributed by atoms with Crippen LogP contribution in [0.25, 0.3) is 0 Å². The van der Waals surface area contributed by atoms with Crippen molar-refractivity contribution in [3.63, 3.8) is 0 Å². The third kappa shape index (κ3) is 2.86. The fraction of sp³-hybridized carbons (Fsp3) is 0.357. The molecule has 6 heteroatoms. The van der Waals surface area contributed by atoms with E-state index in [1.54, 1.807) is 35.9 Å². The minimum Gasteiger partial charge on any atom is -0.392 e. The summed E-state index contributed by atoms with van der Waals surface area (Å²) in [5.74, 6) is -0.0852. The van der Waals surface area contributed by atoms with Gasteiger partial charge in [0.25, 0.3) is 5.91 Å². The van der Waals surface area contributed by atoms with E-state index >= 15 is 0 Å². The number of pyridine rings is 1. The highest BCUT2D eigenvalue weighted by Gasteiger charge is 2.34. The van der Waals surface area contributed by atoms with Crippen molar-refractivity contribution in [1.29, 1.82) is 0 Å². The molecule has 2 aromatic rings. The third-order valence-electron chi connectivity index (χ3n) is 3.26. The number of aromatic nitrogens is 2. The van der Waals surface area contributed by atoms with E-state index in [0.29, 0.717) is 23.8 Å². The summed E-state index contributed by atoms with van der Waals surface area (Å²) < 4.78 is 0. The van der Waals surface area contributed by atoms with Crippen molar-refractivity contribution < 1.29 is 9.90 Å². The van der Waals surface area contributed by atoms with Gasteiger partial charge in [-0.3, -0.25) is 9.78 Å². The highest BCUT2D eigenvalue weighted by Crippen LogP contribution is 2.30. The fourth-order valence-electron chi connectivity index (χ4n) is 2.07. The summed E-state index contributed by atoms with van der Waals surface area (Å²) in [6.07, 6.45) is 5.39. The molecule has 1 aliphatic carbocycles. The highest BCUT2D eigenvalue weighted by molar-refractivity contribution is 7.09. The zero-order valence-corrected chi connectivity index (χ0v) is 11.7. The number of aliphatic hydroxyl groups is 1. The van der Waals surface area contributed by atoms with Crippen LogP contribution in [0.1, 0.15) is 33.9 Å². The van der Waals surface area contributed by atoms with Crippen LogP contribution in [-0.2, 0) is 13.2 Å². The van der Waals surface area contributed by atoms with Crippen molar-refractivity contribution in [1.82, 2.24) is 14.9 Å². The van der Waals surface area contributed by atoms with Crippen molar-refractivity contribution in [2.45, 2.75) is 32.0 Å². The molecule has 2 heterocycles. The summed E-state index contributed by atoms with van der Waals surface area (Å²) in [4.78, 5) is 22.8. The van der Waals surface area contributed by atoms with Gasteiger partial charge < -0.3 is 10.0 Å². The summed E-state index contributed by atoms with van der Waals surface area (Å²) in [5, 5.41) is 12.0. The zero-order chi connectivity index (χ0) is 13.9. The number of carbonyl (C=O) groups is 1. The molecule has 0 atom stereocenters. The highest BCUT2D eigenvalue weighted by atomic mass is 32.1. The van der Waals surface area contributed by atoms with Crippen LogP contribution < -0.4 is 0 Å². The number of nitrogens with zero attached hydrogens (tertiary/aromatic N) is 3. The molecular formula is C14H15N3O2S. The Balaban J connectivity index is 1.81. The number of thiazole rings is 1. The van der Waals surface area contributed by atoms with Crippen molar-refractivity contribution in [2.75, 3.05) is 0 Å². The summed E-state index contributed by atoms with van der Waals surface area (Å²) in [7, 11) is 0. The van der Waals surface area contributed by atoms with Gasteiger partial charge in [0.05, 0.1) is 13.2 Å². The minimum atomic E-state index is -0.0852. The summed E-state index contributed by atoms with van der Waals surface area (Å²) in [5.41, 5.74) is 1.09. The van der Waals surface area contributed by atoms with E-state index in [-0.39, 0.29) is 12.5 Å². The predicted octanol–water partition coefficient (Wildman–Crippen LogP) is 1.84. The number of hydrogen-bond acceptors (Lipinski definition) is 5. The SMILES string of the molecule is O=C(c1cc(CO)ccn1)N(Cc1nccs1)C1CC1. The van der Waals surface area contributed by atoms with Gasteiger partial charge in [0.1, 0.15) is 10.7 Å². The average molecular weight is 289 g/mol. The van der Waals surface area contributed by atoms with E-state index in [1.165, 1.54) is 0 Å². The Labute approximate surface area is 120 Å². The van der Waals surface area contributed by atoms with Crippen molar-refractivity contribution in [2.24, 2.45) is 0 Å². The van der Waals surface area contributed by atoms with E-state index in [2.05, 4.69) is 9.97 Å². The summed E-state index contributed by atoms with van der Waals surface area (Å²) >= 11 is 1.55. The van der Waals surface area contributed by atoms with Crippen LogP contribution in [0.2, 0.25) is 0 Å². The first-order chi connectivity index (χ1) is 9.78. The van der Waals surface area contributed by atoms with Gasteiger partial charge >= 0.3 is 0 Å². The van der Waals surface area contributed by atoms with Gasteiger partial charge in [0.15, 0.2) is 0 Å². The Morgan fingerprint density at radius 2 is 2.25 bits per heavy atom. The minimum absolute atomic E-state index is 0.0846. The molecule has 104 valence electrons. The molecular weight excluding hydrogens is 274 g/mol. The topological polar surface area (TPSA) is 66.3 Å². The van der Waals surface area contributed by atoms with Crippen molar-refractivity contribution in [3.8, 4) is 0 Å². The number of carbonyl (C=O) groups excluding carboxylic acids is 1. The maximum absolute atomic E-state index is 12.6. The van der Waals surface area contributed by atoms with Gasteiger partial charge in [-0.25, -0.2) is 4.98 Å². The Kier molecular flexibility index (Phi) is 3.75. The second-order valence-corrected chi connectivity index (χ2v) is 5.78. The third-order valence-corrected chi connectivity index (χ3v) is 4.03. The Hall–Kier alpha value is -1.79. The van der Waals surface area contributed by atoms with E-state index in [4.69, 9.17) is 5.11 Å². The molecule has 0 aliphatic heterocycles. The van der Waals surface area contributed by atoms with Crippen molar-refractivity contribution in [3.05, 3.63) is 46.2 Å². The van der Waals surface area contributed by atoms with Crippen LogP contribution in [0.4, 0.5) is 0 Å². The quantitative estimate of drug-likeness (QED) is 0.912. The van der Waals surface area contributed by atoms with Crippen LogP contribution in [0.5, 0.6) is 0 Å². The predicted molar refractivity (Wildman–Crippen MR) is 75.2 cm³/mol. The number of amides is 1. The van der Waals surface area contributed by atoms with Crippen LogP contribution in [0.15, 0.2) is 29.9 Å². The Morgan fingerprint density at radius 1 is 1.40 bits per heavy atom. The van der Waals surface area contributed by atoms with E-state index < -0.39 is 0 Å². The van der Waals surface area contributed by atoms with Gasteiger partial charge in [0, 0.05) is 23.8 Å². The first-order valence-electron chi connectivity index (χ1n) is 6.53. The smallest absolute Gasteiger partial charge is 0.273 e. The largest absolute Gasteiger partial charge is 0.392 e. The standard InChI is InChI=1S/C14H15N3O2S/c18-9-10-3-4-15-12(7-10)14(19)17(11-1-2-11)8-13-16-5-6-20-13/h3-7,11,18H,1-2,8-9H2. The second kappa shape index (κ2) is 5.68. The molecule has 20 heavy (non-hydrogen) atoms. The van der Waals surface area contributed by atoms with Crippen LogP contribution in [0, 0.1) is 0 Å². The Bertz CT molecular complexity index is 596. The van der Waals surface area contributed by atoms with E-state index in [0.717, 1.165) is 17.8 Å². The van der Waals surface area contributed by atoms with Crippen LogP contribution in [-0.4, -0.2) is 31.9 Å². The maximum atomic E-state index is 12.6. The number of rotatable bonds is 5. The first kappa shape index (κ1) is 13.2. The molecule has 1 aliphatic rings.